The summed E-state index contributed by atoms with van der Waals surface area (Å²) in [5, 5.41) is -0.0641. The lowest BCUT2D eigenvalue weighted by molar-refractivity contribution is 0.607. The van der Waals surface area contributed by atoms with Crippen molar-refractivity contribution in [2.75, 3.05) is 5.75 Å². The average Bonchev–Trinajstić information content (AvgIpc) is 2.01. The second-order valence-corrected chi connectivity index (χ2v) is 3.78. The van der Waals surface area contributed by atoms with Crippen LogP contribution in [0.15, 0.2) is 5.16 Å². The summed E-state index contributed by atoms with van der Waals surface area (Å²) in [4.78, 5) is 7.36. The molecular formula is C6H5Cl2FN2S. The topological polar surface area (TPSA) is 25.8 Å². The van der Waals surface area contributed by atoms with Crippen LogP contribution in [0.2, 0.25) is 10.3 Å². The van der Waals surface area contributed by atoms with Gasteiger partial charge < -0.3 is 0 Å². The molecule has 12 heavy (non-hydrogen) atoms. The Hall–Kier alpha value is -0.0600. The van der Waals surface area contributed by atoms with E-state index < -0.39 is 5.82 Å². The van der Waals surface area contributed by atoms with Crippen molar-refractivity contribution >= 4 is 35.0 Å². The second kappa shape index (κ2) is 4.25. The molecule has 0 spiro atoms. The monoisotopic (exact) mass is 226 g/mol. The maximum absolute atomic E-state index is 12.8. The van der Waals surface area contributed by atoms with Crippen molar-refractivity contribution in [3.8, 4) is 0 Å². The molecule has 0 saturated heterocycles. The maximum Gasteiger partial charge on any atom is 0.197 e. The highest BCUT2D eigenvalue weighted by atomic mass is 35.5. The molecule has 1 rings (SSSR count). The van der Waals surface area contributed by atoms with Gasteiger partial charge in [0, 0.05) is 0 Å². The van der Waals surface area contributed by atoms with Gasteiger partial charge in [0.15, 0.2) is 21.3 Å². The van der Waals surface area contributed by atoms with Crippen molar-refractivity contribution in [3.63, 3.8) is 0 Å². The van der Waals surface area contributed by atoms with Crippen molar-refractivity contribution in [1.29, 1.82) is 0 Å². The number of hydrogen-bond donors (Lipinski definition) is 0. The third-order valence-electron chi connectivity index (χ3n) is 1.02. The molecule has 0 aromatic carbocycles. The Bertz CT molecular complexity index is 272. The fraction of sp³-hybridized carbons (Fsp3) is 0.333. The smallest absolute Gasteiger partial charge is 0.197 e. The number of rotatable bonds is 2. The van der Waals surface area contributed by atoms with Gasteiger partial charge in [0.2, 0.25) is 0 Å². The Labute approximate surface area is 83.5 Å². The van der Waals surface area contributed by atoms with Gasteiger partial charge in [-0.15, -0.1) is 0 Å². The Morgan fingerprint density at radius 3 is 2.25 bits per heavy atom. The van der Waals surface area contributed by atoms with E-state index in [4.69, 9.17) is 23.2 Å². The first kappa shape index (κ1) is 10.0. The SMILES string of the molecule is CCSc1nc(Cl)c(F)c(Cl)n1. The molecular weight excluding hydrogens is 222 g/mol. The predicted molar refractivity (Wildman–Crippen MR) is 48.4 cm³/mol. The Morgan fingerprint density at radius 1 is 1.33 bits per heavy atom. The van der Waals surface area contributed by atoms with Gasteiger partial charge >= 0.3 is 0 Å². The molecule has 0 N–H and O–H groups in total. The quantitative estimate of drug-likeness (QED) is 0.441. The van der Waals surface area contributed by atoms with Crippen molar-refractivity contribution in [3.05, 3.63) is 16.1 Å². The van der Waals surface area contributed by atoms with Gasteiger partial charge in [-0.3, -0.25) is 0 Å². The van der Waals surface area contributed by atoms with Gasteiger partial charge in [-0.1, -0.05) is 41.9 Å². The first-order valence-electron chi connectivity index (χ1n) is 3.16. The zero-order valence-corrected chi connectivity index (χ0v) is 8.47. The minimum Gasteiger partial charge on any atom is -0.207 e. The molecule has 0 fully saturated rings. The minimum atomic E-state index is -0.765. The van der Waals surface area contributed by atoms with E-state index in [1.165, 1.54) is 11.8 Å². The lowest BCUT2D eigenvalue weighted by Gasteiger charge is -1.99. The maximum atomic E-state index is 12.8. The molecule has 0 bridgehead atoms. The summed E-state index contributed by atoms with van der Waals surface area (Å²) in [5.41, 5.74) is 0. The highest BCUT2D eigenvalue weighted by molar-refractivity contribution is 7.99. The molecule has 1 aromatic heterocycles. The van der Waals surface area contributed by atoms with Gasteiger partial charge in [0.05, 0.1) is 0 Å². The molecule has 2 nitrogen and oxygen atoms in total. The zero-order valence-electron chi connectivity index (χ0n) is 6.14. The minimum absolute atomic E-state index is 0.231. The zero-order chi connectivity index (χ0) is 9.14. The fourth-order valence-electron chi connectivity index (χ4n) is 0.570. The predicted octanol–water partition coefficient (Wildman–Crippen LogP) is 3.03. The van der Waals surface area contributed by atoms with Crippen molar-refractivity contribution < 1.29 is 4.39 Å². The summed E-state index contributed by atoms with van der Waals surface area (Å²) in [6, 6.07) is 0. The Kier molecular flexibility index (Phi) is 3.55. The lowest BCUT2D eigenvalue weighted by atomic mass is 10.6. The summed E-state index contributed by atoms with van der Waals surface area (Å²) in [7, 11) is 0. The first-order valence-corrected chi connectivity index (χ1v) is 4.90. The van der Waals surface area contributed by atoms with Gasteiger partial charge in [0.1, 0.15) is 0 Å². The highest BCUT2D eigenvalue weighted by Crippen LogP contribution is 2.22. The normalized spacial score (nSPS) is 10.3. The van der Waals surface area contributed by atoms with Crippen LogP contribution in [0.1, 0.15) is 6.92 Å². The molecule has 1 aromatic rings. The third-order valence-corrected chi connectivity index (χ3v) is 2.25. The lowest BCUT2D eigenvalue weighted by Crippen LogP contribution is -1.92. The van der Waals surface area contributed by atoms with Crippen molar-refractivity contribution in [2.45, 2.75) is 12.1 Å². The van der Waals surface area contributed by atoms with Crippen LogP contribution in [0, 0.1) is 5.82 Å². The third kappa shape index (κ3) is 2.21. The van der Waals surface area contributed by atoms with Gasteiger partial charge in [-0.05, 0) is 5.75 Å². The van der Waals surface area contributed by atoms with E-state index >= 15 is 0 Å². The fourth-order valence-corrected chi connectivity index (χ4v) is 1.63. The number of nitrogens with zero attached hydrogens (tertiary/aromatic N) is 2. The molecule has 0 unspecified atom stereocenters. The van der Waals surface area contributed by atoms with Crippen molar-refractivity contribution in [1.82, 2.24) is 9.97 Å². The Morgan fingerprint density at radius 2 is 1.83 bits per heavy atom. The van der Waals surface area contributed by atoms with Crippen LogP contribution < -0.4 is 0 Å². The van der Waals surface area contributed by atoms with E-state index in [2.05, 4.69) is 9.97 Å². The Balaban J connectivity index is 3.04. The summed E-state index contributed by atoms with van der Waals surface area (Å²) in [6.07, 6.45) is 0. The van der Waals surface area contributed by atoms with Gasteiger partial charge in [-0.25, -0.2) is 14.4 Å². The summed E-state index contributed by atoms with van der Waals surface area (Å²) in [6.45, 7) is 1.93. The van der Waals surface area contributed by atoms with E-state index in [0.29, 0.717) is 5.16 Å². The molecule has 0 atom stereocenters. The number of aromatic nitrogens is 2. The molecule has 66 valence electrons. The van der Waals surface area contributed by atoms with Crippen LogP contribution in [0.25, 0.3) is 0 Å². The van der Waals surface area contributed by atoms with Crippen LogP contribution in [0.5, 0.6) is 0 Å². The number of hydrogen-bond acceptors (Lipinski definition) is 3. The molecule has 0 saturated carbocycles. The van der Waals surface area contributed by atoms with E-state index in [1.54, 1.807) is 0 Å². The standard InChI is InChI=1S/C6H5Cl2FN2S/c1-2-12-6-10-4(7)3(9)5(8)11-6/h2H2,1H3. The highest BCUT2D eigenvalue weighted by Gasteiger charge is 2.10. The molecule has 0 aliphatic carbocycles. The average molecular weight is 227 g/mol. The van der Waals surface area contributed by atoms with Gasteiger partial charge in [0.25, 0.3) is 0 Å². The van der Waals surface area contributed by atoms with Crippen LogP contribution in [0.3, 0.4) is 0 Å². The molecule has 0 aliphatic rings. The van der Waals surface area contributed by atoms with Crippen LogP contribution >= 0.6 is 35.0 Å². The molecule has 0 amide bonds. The first-order chi connectivity index (χ1) is 5.65. The van der Waals surface area contributed by atoms with E-state index in [1.807, 2.05) is 6.92 Å². The molecule has 0 radical (unpaired) electrons. The summed E-state index contributed by atoms with van der Waals surface area (Å²) in [5.74, 6) is 0.0250. The molecule has 6 heteroatoms. The largest absolute Gasteiger partial charge is 0.207 e. The summed E-state index contributed by atoms with van der Waals surface area (Å²) < 4.78 is 12.8. The molecule has 0 aliphatic heterocycles. The van der Waals surface area contributed by atoms with Crippen LogP contribution in [0.4, 0.5) is 4.39 Å². The van der Waals surface area contributed by atoms with Gasteiger partial charge in [-0.2, -0.15) is 0 Å². The van der Waals surface area contributed by atoms with E-state index in [0.717, 1.165) is 5.75 Å². The van der Waals surface area contributed by atoms with E-state index in [9.17, 15) is 4.39 Å². The molecule has 1 heterocycles. The van der Waals surface area contributed by atoms with Crippen LogP contribution in [-0.4, -0.2) is 15.7 Å². The van der Waals surface area contributed by atoms with Crippen LogP contribution in [-0.2, 0) is 0 Å². The number of thioether (sulfide) groups is 1. The van der Waals surface area contributed by atoms with Crippen molar-refractivity contribution in [2.24, 2.45) is 0 Å². The summed E-state index contributed by atoms with van der Waals surface area (Å²) >= 11 is 12.2. The number of halogens is 3. The second-order valence-electron chi connectivity index (χ2n) is 1.83. The van der Waals surface area contributed by atoms with E-state index in [-0.39, 0.29) is 10.3 Å².